The van der Waals surface area contributed by atoms with Gasteiger partial charge >= 0.3 is 35.8 Å². The Morgan fingerprint density at radius 2 is 0.771 bits per heavy atom. The summed E-state index contributed by atoms with van der Waals surface area (Å²) in [5.74, 6) is -12.0. The fourth-order valence-corrected chi connectivity index (χ4v) is 10.7. The zero-order valence-electron chi connectivity index (χ0n) is 55.0. The van der Waals surface area contributed by atoms with Crippen molar-refractivity contribution >= 4 is 106 Å². The molecule has 0 aliphatic heterocycles. The Labute approximate surface area is 572 Å². The molecule has 1 fully saturated rings. The second-order valence-corrected chi connectivity index (χ2v) is 24.0. The highest BCUT2D eigenvalue weighted by Crippen LogP contribution is 2.47. The Morgan fingerprint density at radius 3 is 1.16 bits per heavy atom. The Balaban J connectivity index is 2.15. The molecule has 1 saturated carbocycles. The number of unbranched alkanes of at least 4 members (excludes halogenated alkanes) is 13. The monoisotopic (exact) mass is 1490 g/mol. The molecule has 0 aromatic heterocycles. The molecule has 96 heavy (non-hydrogen) atoms. The minimum absolute atomic E-state index is 0.00102. The number of hydrogen-bond donors (Lipinski definition) is 16. The van der Waals surface area contributed by atoms with E-state index in [1.54, 1.807) is 0 Å². The number of ether oxygens (including phenoxy) is 4. The predicted molar refractivity (Wildman–Crippen MR) is 348 cm³/mol. The molecule has 548 valence electrons. The minimum atomic E-state index is -1.53. The number of quaternary nitrogens is 1. The normalized spacial score (nSPS) is 15.8. The van der Waals surface area contributed by atoms with Gasteiger partial charge in [0.25, 0.3) is 0 Å². The number of aliphatic hydroxyl groups is 1. The van der Waals surface area contributed by atoms with Gasteiger partial charge in [0.2, 0.25) is 47.3 Å². The number of aliphatic carboxylic acids is 5. The van der Waals surface area contributed by atoms with Gasteiger partial charge < -0.3 is 92.1 Å². The van der Waals surface area contributed by atoms with Gasteiger partial charge in [0, 0.05) is 81.0 Å². The maximum atomic E-state index is 12.9. The van der Waals surface area contributed by atoms with Crippen molar-refractivity contribution < 1.29 is 122 Å². The summed E-state index contributed by atoms with van der Waals surface area (Å²) >= 11 is 1.84. The second kappa shape index (κ2) is 52.4. The summed E-state index contributed by atoms with van der Waals surface area (Å²) in [6.45, 7) is 0.983. The Hall–Kier alpha value is -6.77. The van der Waals surface area contributed by atoms with Crippen LogP contribution in [-0.2, 0) is 86.1 Å². The zero-order chi connectivity index (χ0) is 71.7. The summed E-state index contributed by atoms with van der Waals surface area (Å²) < 4.78 is 24.1. The van der Waals surface area contributed by atoms with Crippen molar-refractivity contribution in [2.45, 2.75) is 222 Å². The fourth-order valence-electron chi connectivity index (χ4n) is 9.80. The van der Waals surface area contributed by atoms with Crippen molar-refractivity contribution in [1.29, 1.82) is 0 Å². The molecule has 0 saturated heterocycles. The van der Waals surface area contributed by atoms with Crippen LogP contribution in [-0.4, -0.2) is 228 Å². The van der Waals surface area contributed by atoms with E-state index >= 15 is 0 Å². The van der Waals surface area contributed by atoms with Gasteiger partial charge in [0.05, 0.1) is 45.7 Å². The summed E-state index contributed by atoms with van der Waals surface area (Å²) in [7, 11) is 0. The van der Waals surface area contributed by atoms with E-state index in [2.05, 4.69) is 51.8 Å². The lowest BCUT2D eigenvalue weighted by atomic mass is 10.0. The van der Waals surface area contributed by atoms with Crippen molar-refractivity contribution in [3.63, 3.8) is 0 Å². The molecule has 1 aliphatic carbocycles. The van der Waals surface area contributed by atoms with Gasteiger partial charge in [-0.3, -0.25) is 48.9 Å². The Kier molecular flexibility index (Phi) is 47.6. The number of carbonyl (C=O) groups is 14. The highest BCUT2D eigenvalue weighted by Gasteiger charge is 2.59. The lowest BCUT2D eigenvalue weighted by molar-refractivity contribution is -0.310. The standard InChI is InChI=1S/C61H103IN10O24/c1-40(73)54(55(63)83)71-60(92)61(72-62)37-41(61)17-16-28-64-46(74)24-20-42(56(84)85)68-50(78)27-23-45(59(90)91)70-52(80)39-96-36-34-94-32-30-66-51(79)38-95-35-33-93-31-29-65-47(75)25-21-43(57(86)87)69-49(77)26-22-44(58(88)89)67-48(76)18-14-12-10-8-6-4-2-3-5-7-9-11-13-15-19-53(81)82/h40-45,54,72-73H,2-39H2,1H3,(H2,63,83)(H,64,74)(H,65,75)(H,66,79)(H,67,76)(H,68,78)(H,69,77)(H,70,80)(H,71,92)(H,81,82)(H,84,85)(H,86,87)(H,88,89)(H,90,91)/p+1. The van der Waals surface area contributed by atoms with Crippen LogP contribution >= 0.6 is 22.9 Å². The summed E-state index contributed by atoms with van der Waals surface area (Å²) in [5.41, 5.74) is 2.31. The van der Waals surface area contributed by atoms with Crippen molar-refractivity contribution in [3.05, 3.63) is 0 Å². The highest BCUT2D eigenvalue weighted by molar-refractivity contribution is 14.1. The van der Waals surface area contributed by atoms with E-state index in [9.17, 15) is 92.7 Å². The van der Waals surface area contributed by atoms with Gasteiger partial charge in [-0.1, -0.05) is 77.0 Å². The first-order chi connectivity index (χ1) is 45.7. The molecule has 0 heterocycles. The topological polar surface area (TPSA) is 533 Å². The van der Waals surface area contributed by atoms with Gasteiger partial charge in [-0.05, 0) is 70.6 Å². The minimum Gasteiger partial charge on any atom is -0.481 e. The van der Waals surface area contributed by atoms with Crippen molar-refractivity contribution in [1.82, 2.24) is 46.1 Å². The molecule has 1 rings (SSSR count). The van der Waals surface area contributed by atoms with Crippen molar-refractivity contribution in [2.75, 3.05) is 72.5 Å². The third-order valence-electron chi connectivity index (χ3n) is 15.4. The number of carboxylic acids is 5. The number of amides is 9. The first kappa shape index (κ1) is 87.2. The molecule has 1 aliphatic rings. The van der Waals surface area contributed by atoms with E-state index in [-0.39, 0.29) is 123 Å². The maximum absolute atomic E-state index is 12.9. The quantitative estimate of drug-likeness (QED) is 0.0202. The molecule has 34 nitrogen and oxygen atoms in total. The number of hydrogen-bond acceptors (Lipinski definition) is 20. The molecule has 0 aromatic rings. The van der Waals surface area contributed by atoms with E-state index in [1.165, 1.54) is 32.6 Å². The van der Waals surface area contributed by atoms with E-state index < -0.39 is 144 Å². The van der Waals surface area contributed by atoms with Crippen LogP contribution in [0.3, 0.4) is 0 Å². The van der Waals surface area contributed by atoms with Gasteiger partial charge in [0.1, 0.15) is 42.9 Å². The summed E-state index contributed by atoms with van der Waals surface area (Å²) in [4.78, 5) is 169. The smallest absolute Gasteiger partial charge is 0.333 e. The Morgan fingerprint density at radius 1 is 0.427 bits per heavy atom. The van der Waals surface area contributed by atoms with Crippen LogP contribution in [0.5, 0.6) is 0 Å². The zero-order valence-corrected chi connectivity index (χ0v) is 57.2. The predicted octanol–water partition coefficient (Wildman–Crippen LogP) is -0.761. The number of rotatable bonds is 62. The Bertz CT molecular complexity index is 2450. The lowest BCUT2D eigenvalue weighted by Gasteiger charge is -2.21. The fraction of sp³-hybridized carbons (Fsp3) is 0.770. The van der Waals surface area contributed by atoms with Crippen LogP contribution < -0.4 is 51.8 Å². The summed E-state index contributed by atoms with van der Waals surface area (Å²) in [5, 5.41) is 76.5. The molecule has 8 unspecified atom stereocenters. The van der Waals surface area contributed by atoms with Crippen LogP contribution in [0, 0.1) is 5.92 Å². The van der Waals surface area contributed by atoms with Crippen LogP contribution in [0.25, 0.3) is 0 Å². The summed E-state index contributed by atoms with van der Waals surface area (Å²) in [6.07, 6.45) is 12.3. The van der Waals surface area contributed by atoms with E-state index in [0.717, 1.165) is 57.8 Å². The molecule has 0 aromatic carbocycles. The van der Waals surface area contributed by atoms with Crippen LogP contribution in [0.2, 0.25) is 0 Å². The summed E-state index contributed by atoms with van der Waals surface area (Å²) in [6, 6.07) is -6.95. The van der Waals surface area contributed by atoms with Gasteiger partial charge in [-0.25, -0.2) is 27.5 Å². The first-order valence-corrected chi connectivity index (χ1v) is 33.9. The molecule has 0 radical (unpaired) electrons. The van der Waals surface area contributed by atoms with Crippen LogP contribution in [0.4, 0.5) is 0 Å². The number of halogens is 1. The average molecular weight is 1490 g/mol. The van der Waals surface area contributed by atoms with Gasteiger partial charge in [-0.2, -0.15) is 0 Å². The van der Waals surface area contributed by atoms with Gasteiger partial charge in [-0.15, -0.1) is 0 Å². The first-order valence-electron chi connectivity index (χ1n) is 32.9. The molecule has 9 amide bonds. The van der Waals surface area contributed by atoms with E-state index in [0.29, 0.717) is 25.7 Å². The van der Waals surface area contributed by atoms with Crippen molar-refractivity contribution in [3.8, 4) is 0 Å². The van der Waals surface area contributed by atoms with E-state index in [4.69, 9.17) is 24.1 Å². The largest absolute Gasteiger partial charge is 0.481 e. The van der Waals surface area contributed by atoms with E-state index in [1.807, 2.05) is 22.9 Å². The average Bonchev–Trinajstić information content (AvgIpc) is 1.59. The molecular formula is C61H104IN10O24+. The number of carboxylic acid groups (broad SMARTS) is 5. The second-order valence-electron chi connectivity index (χ2n) is 23.5. The third-order valence-corrected chi connectivity index (χ3v) is 16.4. The van der Waals surface area contributed by atoms with Crippen LogP contribution in [0.15, 0.2) is 0 Å². The molecular weight excluding hydrogens is 1380 g/mol. The highest BCUT2D eigenvalue weighted by atomic mass is 127. The number of aliphatic hydroxyl groups excluding tert-OH is 1. The number of nitrogens with one attached hydrogen (secondary N) is 9. The molecule has 18 N–H and O–H groups in total. The molecule has 8 atom stereocenters. The molecule has 0 spiro atoms. The van der Waals surface area contributed by atoms with Crippen molar-refractivity contribution in [2.24, 2.45) is 5.92 Å². The number of carbonyl (C=O) groups excluding carboxylic acids is 9. The van der Waals surface area contributed by atoms with Crippen LogP contribution in [0.1, 0.15) is 180 Å². The molecule has 0 bridgehead atoms. The lowest BCUT2D eigenvalue weighted by Crippen LogP contribution is -2.69. The third kappa shape index (κ3) is 42.7. The van der Waals surface area contributed by atoms with Gasteiger partial charge in [0.15, 0.2) is 6.04 Å². The maximum Gasteiger partial charge on any atom is 0.333 e. The molecule has 35 heteroatoms. The SMILES string of the molecule is CC(O)C(NC(=O)C1(NI)CC1CCCNC(=O)CCC(NC(=O)CCC(NC(=O)COCCOCCNC(=O)COCCOCCNC(=O)CCC(NC(=O)CCC(NC(=O)CCCCCCCCCCCCCCCCC(=O)O)C(=O)O)C(=O)O)C(=O)O)C(=O)O)C([NH3+])=O.